The van der Waals surface area contributed by atoms with Crippen molar-refractivity contribution >= 4 is 20.7 Å². The molecular weight excluding hydrogens is 240 g/mol. The van der Waals surface area contributed by atoms with E-state index < -0.39 is 0 Å². The summed E-state index contributed by atoms with van der Waals surface area (Å²) in [6.45, 7) is 4.04. The first-order valence-electron chi connectivity index (χ1n) is 4.87. The summed E-state index contributed by atoms with van der Waals surface area (Å²) in [6, 6.07) is 5.81. The number of rotatable bonds is 2. The van der Waals surface area contributed by atoms with Gasteiger partial charge >= 0.3 is 0 Å². The van der Waals surface area contributed by atoms with Gasteiger partial charge in [0.1, 0.15) is 5.75 Å². The van der Waals surface area contributed by atoms with Gasteiger partial charge in [-0.2, -0.15) is 0 Å². The lowest BCUT2D eigenvalue weighted by Gasteiger charge is -2.10. The van der Waals surface area contributed by atoms with Crippen LogP contribution in [0.25, 0.3) is 10.4 Å². The average molecular weight is 252 g/mol. The summed E-state index contributed by atoms with van der Waals surface area (Å²) in [4.78, 5) is 12.2. The Kier molecular flexibility index (Phi) is 3.12. The summed E-state index contributed by atoms with van der Waals surface area (Å²) >= 11 is 0. The SMILES string of the molecule is COc1c(C)cc(-c2cc(=O)ss2)cc1C. The molecule has 0 N–H and O–H groups in total. The molecule has 2 aromatic rings. The minimum Gasteiger partial charge on any atom is -0.496 e. The summed E-state index contributed by atoms with van der Waals surface area (Å²) in [6.07, 6.45) is 0. The van der Waals surface area contributed by atoms with Gasteiger partial charge in [-0.1, -0.05) is 10.3 Å². The molecule has 0 bridgehead atoms. The van der Waals surface area contributed by atoms with E-state index in [2.05, 4.69) is 12.1 Å². The molecule has 0 saturated heterocycles. The largest absolute Gasteiger partial charge is 0.496 e. The fourth-order valence-corrected chi connectivity index (χ4v) is 3.66. The third kappa shape index (κ3) is 2.03. The molecule has 84 valence electrons. The van der Waals surface area contributed by atoms with Crippen LogP contribution in [0.5, 0.6) is 5.75 Å². The van der Waals surface area contributed by atoms with Gasteiger partial charge in [0.05, 0.1) is 7.11 Å². The first-order valence-corrected chi connectivity index (χ1v) is 7.02. The molecule has 0 saturated carbocycles. The zero-order valence-electron chi connectivity index (χ0n) is 9.37. The van der Waals surface area contributed by atoms with Gasteiger partial charge in [-0.3, -0.25) is 4.79 Å². The minimum atomic E-state index is 0.117. The van der Waals surface area contributed by atoms with E-state index in [1.165, 1.54) is 20.7 Å². The zero-order chi connectivity index (χ0) is 11.7. The molecule has 0 spiro atoms. The van der Waals surface area contributed by atoms with E-state index in [1.54, 1.807) is 13.2 Å². The van der Waals surface area contributed by atoms with Gasteiger partial charge in [-0.25, -0.2) is 0 Å². The lowest BCUT2D eigenvalue weighted by molar-refractivity contribution is 0.408. The van der Waals surface area contributed by atoms with Gasteiger partial charge in [-0.05, 0) is 53.0 Å². The molecule has 0 aliphatic heterocycles. The average Bonchev–Trinajstić information content (AvgIpc) is 2.64. The number of aryl methyl sites for hydroxylation is 2. The van der Waals surface area contributed by atoms with E-state index in [0.29, 0.717) is 0 Å². The van der Waals surface area contributed by atoms with Crippen LogP contribution in [-0.2, 0) is 0 Å². The Hall–Kier alpha value is -1.13. The van der Waals surface area contributed by atoms with Crippen LogP contribution in [0.4, 0.5) is 0 Å². The normalized spacial score (nSPS) is 10.4. The predicted octanol–water partition coefficient (Wildman–Crippen LogP) is 3.46. The highest BCUT2D eigenvalue weighted by atomic mass is 32.9. The second-order valence-electron chi connectivity index (χ2n) is 3.64. The highest BCUT2D eigenvalue weighted by molar-refractivity contribution is 7.69. The highest BCUT2D eigenvalue weighted by Gasteiger charge is 2.08. The lowest BCUT2D eigenvalue weighted by atomic mass is 10.0. The van der Waals surface area contributed by atoms with Gasteiger partial charge < -0.3 is 4.74 Å². The minimum absolute atomic E-state index is 0.117. The smallest absolute Gasteiger partial charge is 0.243 e. The van der Waals surface area contributed by atoms with Crippen LogP contribution >= 0.6 is 20.7 Å². The number of hydrogen-bond donors (Lipinski definition) is 0. The van der Waals surface area contributed by atoms with Crippen LogP contribution in [0.3, 0.4) is 0 Å². The second kappa shape index (κ2) is 4.39. The van der Waals surface area contributed by atoms with E-state index in [4.69, 9.17) is 4.74 Å². The Bertz CT molecular complexity index is 543. The standard InChI is InChI=1S/C12H12O2S2/c1-7-4-9(5-8(2)12(7)14-3)10-6-11(13)16-15-10/h4-6H,1-3H3. The van der Waals surface area contributed by atoms with Gasteiger partial charge in [0.2, 0.25) is 4.74 Å². The molecule has 16 heavy (non-hydrogen) atoms. The molecule has 2 rings (SSSR count). The van der Waals surface area contributed by atoms with E-state index >= 15 is 0 Å². The topological polar surface area (TPSA) is 26.3 Å². The first-order chi connectivity index (χ1) is 7.61. The zero-order valence-corrected chi connectivity index (χ0v) is 11.0. The summed E-state index contributed by atoms with van der Waals surface area (Å²) < 4.78 is 5.43. The predicted molar refractivity (Wildman–Crippen MR) is 69.9 cm³/mol. The van der Waals surface area contributed by atoms with Crippen LogP contribution in [0.2, 0.25) is 0 Å². The Labute approximate surface area is 102 Å². The van der Waals surface area contributed by atoms with Crippen molar-refractivity contribution in [2.24, 2.45) is 0 Å². The van der Waals surface area contributed by atoms with Gasteiger partial charge in [0.25, 0.3) is 0 Å². The fourth-order valence-electron chi connectivity index (χ4n) is 1.79. The summed E-state index contributed by atoms with van der Waals surface area (Å²) in [5, 5.41) is 0. The summed E-state index contributed by atoms with van der Waals surface area (Å²) in [7, 11) is 4.48. The Morgan fingerprint density at radius 2 is 1.69 bits per heavy atom. The second-order valence-corrected chi connectivity index (χ2v) is 5.81. The van der Waals surface area contributed by atoms with E-state index in [0.717, 1.165) is 27.3 Å². The number of methoxy groups -OCH3 is 1. The molecule has 1 heterocycles. The van der Waals surface area contributed by atoms with Crippen molar-refractivity contribution in [3.8, 4) is 16.2 Å². The third-order valence-corrected chi connectivity index (χ3v) is 4.59. The van der Waals surface area contributed by atoms with E-state index in [-0.39, 0.29) is 4.74 Å². The maximum atomic E-state index is 11.2. The molecule has 2 nitrogen and oxygen atoms in total. The maximum Gasteiger partial charge on any atom is 0.243 e. The van der Waals surface area contributed by atoms with Crippen molar-refractivity contribution in [3.63, 3.8) is 0 Å². The van der Waals surface area contributed by atoms with Crippen LogP contribution in [-0.4, -0.2) is 7.11 Å². The molecule has 0 unspecified atom stereocenters. The van der Waals surface area contributed by atoms with Crippen LogP contribution < -0.4 is 9.48 Å². The van der Waals surface area contributed by atoms with Crippen molar-refractivity contribution in [2.75, 3.05) is 7.11 Å². The maximum absolute atomic E-state index is 11.2. The Balaban J connectivity index is 2.56. The molecule has 0 radical (unpaired) electrons. The Morgan fingerprint density at radius 1 is 1.06 bits per heavy atom. The van der Waals surface area contributed by atoms with Gasteiger partial charge in [0, 0.05) is 10.9 Å². The summed E-state index contributed by atoms with van der Waals surface area (Å²) in [5.74, 6) is 0.923. The van der Waals surface area contributed by atoms with E-state index in [9.17, 15) is 4.79 Å². The molecule has 1 aromatic carbocycles. The van der Waals surface area contributed by atoms with Crippen LogP contribution in [0.15, 0.2) is 23.0 Å². The third-order valence-electron chi connectivity index (χ3n) is 2.41. The molecule has 0 aliphatic carbocycles. The molecule has 0 atom stereocenters. The van der Waals surface area contributed by atoms with Crippen molar-refractivity contribution in [1.82, 2.24) is 0 Å². The number of benzene rings is 1. The highest BCUT2D eigenvalue weighted by Crippen LogP contribution is 2.32. The fraction of sp³-hybridized carbons (Fsp3) is 0.250. The van der Waals surface area contributed by atoms with Crippen LogP contribution in [0, 0.1) is 13.8 Å². The van der Waals surface area contributed by atoms with E-state index in [1.807, 2.05) is 13.8 Å². The van der Waals surface area contributed by atoms with Gasteiger partial charge in [-0.15, -0.1) is 0 Å². The van der Waals surface area contributed by atoms with Crippen molar-refractivity contribution in [3.05, 3.63) is 38.9 Å². The van der Waals surface area contributed by atoms with Crippen LogP contribution in [0.1, 0.15) is 11.1 Å². The molecule has 0 fully saturated rings. The monoisotopic (exact) mass is 252 g/mol. The molecule has 1 aromatic heterocycles. The first kappa shape index (κ1) is 11.4. The molecule has 0 aliphatic rings. The quantitative estimate of drug-likeness (QED) is 0.765. The lowest BCUT2D eigenvalue weighted by Crippen LogP contribution is -1.92. The van der Waals surface area contributed by atoms with Gasteiger partial charge in [0.15, 0.2) is 0 Å². The Morgan fingerprint density at radius 3 is 2.12 bits per heavy atom. The number of ether oxygens (including phenoxy) is 1. The molecule has 0 amide bonds. The van der Waals surface area contributed by atoms with Crippen molar-refractivity contribution < 1.29 is 4.74 Å². The molecule has 4 heteroatoms. The summed E-state index contributed by atoms with van der Waals surface area (Å²) in [5.41, 5.74) is 3.30. The van der Waals surface area contributed by atoms with Crippen molar-refractivity contribution in [1.29, 1.82) is 0 Å². The molecular formula is C12H12O2S2. The van der Waals surface area contributed by atoms with Crippen molar-refractivity contribution in [2.45, 2.75) is 13.8 Å². The number of hydrogen-bond acceptors (Lipinski definition) is 4.